The van der Waals surface area contributed by atoms with E-state index < -0.39 is 0 Å². The maximum absolute atomic E-state index is 11.7. The fourth-order valence-corrected chi connectivity index (χ4v) is 3.14. The fourth-order valence-electron chi connectivity index (χ4n) is 3.14. The minimum absolute atomic E-state index is 0.0994. The number of unbranched alkanes of at least 4 members (excludes halogenated alkanes) is 13. The Morgan fingerprint density at radius 2 is 0.821 bits per heavy atom. The van der Waals surface area contributed by atoms with E-state index in [0.717, 1.165) is 44.9 Å². The number of rotatable bonds is 21. The summed E-state index contributed by atoms with van der Waals surface area (Å²) < 4.78 is 10.4. The van der Waals surface area contributed by atoms with Gasteiger partial charge in [-0.2, -0.15) is 0 Å². The summed E-state index contributed by atoms with van der Waals surface area (Å²) in [5.41, 5.74) is 0. The Bertz CT molecular complexity index is 355. The molecule has 0 saturated heterocycles. The van der Waals surface area contributed by atoms with Gasteiger partial charge in [0.25, 0.3) is 0 Å². The van der Waals surface area contributed by atoms with Crippen LogP contribution in [0.25, 0.3) is 0 Å². The maximum atomic E-state index is 11.7. The van der Waals surface area contributed by atoms with Crippen LogP contribution in [0.4, 0.5) is 0 Å². The Kier molecular flexibility index (Phi) is 21.4. The van der Waals surface area contributed by atoms with Crippen LogP contribution in [-0.4, -0.2) is 25.2 Å². The van der Waals surface area contributed by atoms with Crippen LogP contribution >= 0.6 is 0 Å². The molecule has 0 amide bonds. The zero-order chi connectivity index (χ0) is 20.7. The topological polar surface area (TPSA) is 52.6 Å². The Morgan fingerprint density at radius 1 is 0.464 bits per heavy atom. The molecule has 0 aromatic heterocycles. The summed E-state index contributed by atoms with van der Waals surface area (Å²) >= 11 is 0. The van der Waals surface area contributed by atoms with Crippen molar-refractivity contribution in [3.63, 3.8) is 0 Å². The van der Waals surface area contributed by atoms with Gasteiger partial charge in [0.1, 0.15) is 0 Å². The third-order valence-corrected chi connectivity index (χ3v) is 5.03. The highest BCUT2D eigenvalue weighted by Gasteiger charge is 2.05. The molecular formula is C24H46O4. The van der Waals surface area contributed by atoms with Gasteiger partial charge in [-0.15, -0.1) is 0 Å². The molecule has 4 heteroatoms. The van der Waals surface area contributed by atoms with E-state index in [1.165, 1.54) is 57.8 Å². The second-order valence-corrected chi connectivity index (χ2v) is 7.89. The molecule has 0 atom stereocenters. The number of carbonyl (C=O) groups is 2. The van der Waals surface area contributed by atoms with Gasteiger partial charge in [-0.1, -0.05) is 90.9 Å². The first kappa shape index (κ1) is 26.9. The lowest BCUT2D eigenvalue weighted by molar-refractivity contribution is -0.144. The molecule has 0 radical (unpaired) electrons. The molecule has 0 aromatic rings. The Balaban J connectivity index is 3.24. The summed E-state index contributed by atoms with van der Waals surface area (Å²) in [5, 5.41) is 0. The van der Waals surface area contributed by atoms with Gasteiger partial charge in [-0.25, -0.2) is 0 Å². The zero-order valence-electron chi connectivity index (χ0n) is 18.8. The number of carbonyl (C=O) groups excluding carboxylic acids is 2. The van der Waals surface area contributed by atoms with Crippen molar-refractivity contribution < 1.29 is 19.1 Å². The van der Waals surface area contributed by atoms with Crippen molar-refractivity contribution in [2.75, 3.05) is 13.2 Å². The normalized spacial score (nSPS) is 10.8. The van der Waals surface area contributed by atoms with E-state index in [4.69, 9.17) is 9.47 Å². The van der Waals surface area contributed by atoms with Gasteiger partial charge in [0.05, 0.1) is 13.2 Å². The largest absolute Gasteiger partial charge is 0.466 e. The van der Waals surface area contributed by atoms with E-state index in [0.29, 0.717) is 26.1 Å². The van der Waals surface area contributed by atoms with Crippen molar-refractivity contribution in [2.45, 2.75) is 129 Å². The van der Waals surface area contributed by atoms with E-state index in [1.807, 2.05) is 0 Å². The monoisotopic (exact) mass is 398 g/mol. The lowest BCUT2D eigenvalue weighted by atomic mass is 10.1. The summed E-state index contributed by atoms with van der Waals surface area (Å²) in [7, 11) is 0. The van der Waals surface area contributed by atoms with Crippen LogP contribution < -0.4 is 0 Å². The molecule has 4 nitrogen and oxygen atoms in total. The Morgan fingerprint density at radius 3 is 1.29 bits per heavy atom. The van der Waals surface area contributed by atoms with Crippen molar-refractivity contribution >= 4 is 11.9 Å². The molecule has 0 aromatic carbocycles. The second kappa shape index (κ2) is 22.2. The quantitative estimate of drug-likeness (QED) is 0.152. The highest BCUT2D eigenvalue weighted by Crippen LogP contribution is 2.11. The summed E-state index contributed by atoms with van der Waals surface area (Å²) in [6.07, 6.45) is 19.6. The van der Waals surface area contributed by atoms with Crippen LogP contribution in [0, 0.1) is 0 Å². The third kappa shape index (κ3) is 21.2. The summed E-state index contributed by atoms with van der Waals surface area (Å²) in [4.78, 5) is 23.1. The number of hydrogen-bond acceptors (Lipinski definition) is 4. The van der Waals surface area contributed by atoms with Crippen molar-refractivity contribution in [3.8, 4) is 0 Å². The predicted molar refractivity (Wildman–Crippen MR) is 116 cm³/mol. The number of esters is 2. The first-order valence-corrected chi connectivity index (χ1v) is 12.0. The molecule has 166 valence electrons. The van der Waals surface area contributed by atoms with Crippen molar-refractivity contribution in [1.82, 2.24) is 0 Å². The molecule has 0 saturated carbocycles. The highest BCUT2D eigenvalue weighted by atomic mass is 16.5. The van der Waals surface area contributed by atoms with Crippen molar-refractivity contribution in [2.24, 2.45) is 0 Å². The maximum Gasteiger partial charge on any atom is 0.305 e. The molecule has 0 heterocycles. The fraction of sp³-hybridized carbons (Fsp3) is 0.917. The molecule has 28 heavy (non-hydrogen) atoms. The first-order valence-electron chi connectivity index (χ1n) is 12.0. The Labute approximate surface area is 174 Å². The average molecular weight is 399 g/mol. The van der Waals surface area contributed by atoms with Gasteiger partial charge in [-0.3, -0.25) is 9.59 Å². The van der Waals surface area contributed by atoms with Crippen molar-refractivity contribution in [3.05, 3.63) is 0 Å². The highest BCUT2D eigenvalue weighted by molar-refractivity contribution is 5.69. The molecule has 0 unspecified atom stereocenters. The lowest BCUT2D eigenvalue weighted by Crippen LogP contribution is -2.07. The predicted octanol–water partition coefficient (Wildman–Crippen LogP) is 7.13. The Hall–Kier alpha value is -1.06. The minimum Gasteiger partial charge on any atom is -0.466 e. The van der Waals surface area contributed by atoms with Crippen LogP contribution in [0.3, 0.4) is 0 Å². The van der Waals surface area contributed by atoms with Crippen molar-refractivity contribution in [1.29, 1.82) is 0 Å². The molecule has 0 fully saturated rings. The lowest BCUT2D eigenvalue weighted by Gasteiger charge is -2.06. The SMILES string of the molecule is CCCCCCCCCCCCCOC(=O)CCCCCC(=O)OCCCC. The minimum atomic E-state index is -0.118. The van der Waals surface area contributed by atoms with Crippen LogP contribution in [0.2, 0.25) is 0 Å². The van der Waals surface area contributed by atoms with E-state index in [2.05, 4.69) is 13.8 Å². The van der Waals surface area contributed by atoms with Gasteiger partial charge >= 0.3 is 11.9 Å². The van der Waals surface area contributed by atoms with E-state index in [-0.39, 0.29) is 11.9 Å². The van der Waals surface area contributed by atoms with Gasteiger partial charge in [-0.05, 0) is 25.7 Å². The molecule has 0 N–H and O–H groups in total. The van der Waals surface area contributed by atoms with Gasteiger partial charge < -0.3 is 9.47 Å². The molecule has 0 bridgehead atoms. The third-order valence-electron chi connectivity index (χ3n) is 5.03. The second-order valence-electron chi connectivity index (χ2n) is 7.89. The van der Waals surface area contributed by atoms with Gasteiger partial charge in [0.2, 0.25) is 0 Å². The van der Waals surface area contributed by atoms with E-state index in [1.54, 1.807) is 0 Å². The zero-order valence-corrected chi connectivity index (χ0v) is 18.8. The molecule has 0 aliphatic heterocycles. The molecular weight excluding hydrogens is 352 g/mol. The van der Waals surface area contributed by atoms with Gasteiger partial charge in [0, 0.05) is 12.8 Å². The van der Waals surface area contributed by atoms with E-state index >= 15 is 0 Å². The summed E-state index contributed by atoms with van der Waals surface area (Å²) in [6, 6.07) is 0. The van der Waals surface area contributed by atoms with Crippen LogP contribution in [0.1, 0.15) is 129 Å². The smallest absolute Gasteiger partial charge is 0.305 e. The first-order chi connectivity index (χ1) is 13.7. The van der Waals surface area contributed by atoms with Gasteiger partial charge in [0.15, 0.2) is 0 Å². The molecule has 0 aliphatic carbocycles. The summed E-state index contributed by atoms with van der Waals surface area (Å²) in [6.45, 7) is 5.41. The van der Waals surface area contributed by atoms with Crippen LogP contribution in [0.5, 0.6) is 0 Å². The standard InChI is InChI=1S/C24H46O4/c1-3-5-7-8-9-10-11-12-13-14-18-22-28-24(26)20-17-15-16-19-23(25)27-21-6-4-2/h3-22H2,1-2H3. The number of ether oxygens (including phenoxy) is 2. The molecule has 0 rings (SSSR count). The van der Waals surface area contributed by atoms with Crippen LogP contribution in [0.15, 0.2) is 0 Å². The summed E-state index contributed by atoms with van der Waals surface area (Å²) in [5.74, 6) is -0.217. The van der Waals surface area contributed by atoms with Crippen LogP contribution in [-0.2, 0) is 19.1 Å². The molecule has 0 spiro atoms. The number of hydrogen-bond donors (Lipinski definition) is 0. The van der Waals surface area contributed by atoms with E-state index in [9.17, 15) is 9.59 Å². The average Bonchev–Trinajstić information content (AvgIpc) is 2.68. The molecule has 0 aliphatic rings.